The number of carbonyl (C=O) groups excluding carboxylic acids is 1. The second-order valence-electron chi connectivity index (χ2n) is 8.02. The number of benzene rings is 2. The van der Waals surface area contributed by atoms with Crippen molar-refractivity contribution in [1.82, 2.24) is 4.98 Å². The molecule has 1 saturated carbocycles. The maximum Gasteiger partial charge on any atom is 0.259 e. The molecule has 1 aromatic heterocycles. The third-order valence-electron chi connectivity index (χ3n) is 6.01. The molecule has 7 heteroatoms. The molecule has 1 fully saturated rings. The lowest BCUT2D eigenvalue weighted by atomic mass is 9.95. The largest absolute Gasteiger partial charge is 0.497 e. The van der Waals surface area contributed by atoms with E-state index in [0.29, 0.717) is 28.8 Å². The van der Waals surface area contributed by atoms with Crippen molar-refractivity contribution < 1.29 is 14.3 Å². The fourth-order valence-corrected chi connectivity index (χ4v) is 4.96. The number of nitrogens with one attached hydrogen (secondary N) is 1. The number of ether oxygens (including phenoxy) is 2. The Bertz CT molecular complexity index is 1060. The number of thiazole rings is 1. The molecule has 0 unspecified atom stereocenters. The van der Waals surface area contributed by atoms with Gasteiger partial charge in [-0.15, -0.1) is 11.3 Å². The van der Waals surface area contributed by atoms with Crippen molar-refractivity contribution in [2.24, 2.45) is 0 Å². The van der Waals surface area contributed by atoms with Crippen molar-refractivity contribution in [3.63, 3.8) is 0 Å². The molecule has 168 valence electrons. The SMILES string of the molecule is COc1ccc(C(=O)Nc2ccc(-c3csc(N(C)C4CCCCC4)n3)cc2)c(OC)c1. The molecule has 1 heterocycles. The lowest BCUT2D eigenvalue weighted by Gasteiger charge is -2.30. The molecule has 1 aliphatic carbocycles. The fourth-order valence-electron chi connectivity index (χ4n) is 4.09. The first-order valence-electron chi connectivity index (χ1n) is 10.9. The summed E-state index contributed by atoms with van der Waals surface area (Å²) in [6, 6.07) is 13.5. The van der Waals surface area contributed by atoms with E-state index < -0.39 is 0 Å². The number of anilines is 2. The lowest BCUT2D eigenvalue weighted by Crippen LogP contribution is -2.33. The van der Waals surface area contributed by atoms with E-state index in [2.05, 4.69) is 22.6 Å². The second kappa shape index (κ2) is 10.0. The second-order valence-corrected chi connectivity index (χ2v) is 8.85. The summed E-state index contributed by atoms with van der Waals surface area (Å²) in [4.78, 5) is 19.9. The summed E-state index contributed by atoms with van der Waals surface area (Å²) in [6.07, 6.45) is 6.46. The van der Waals surface area contributed by atoms with Crippen molar-refractivity contribution in [3.8, 4) is 22.8 Å². The number of methoxy groups -OCH3 is 2. The number of aromatic nitrogens is 1. The standard InChI is InChI=1S/C25H29N3O3S/c1-28(19-7-5-4-6-8-19)25-27-22(16-32-25)17-9-11-18(12-10-17)26-24(29)21-14-13-20(30-2)15-23(21)31-3/h9-16,19H,4-8H2,1-3H3,(H,26,29). The van der Waals surface area contributed by atoms with E-state index >= 15 is 0 Å². The number of rotatable bonds is 7. The van der Waals surface area contributed by atoms with Gasteiger partial charge in [-0.25, -0.2) is 4.98 Å². The van der Waals surface area contributed by atoms with Crippen LogP contribution >= 0.6 is 11.3 Å². The van der Waals surface area contributed by atoms with Crippen LogP contribution in [0.3, 0.4) is 0 Å². The predicted octanol–water partition coefficient (Wildman–Crippen LogP) is 5.85. The zero-order valence-corrected chi connectivity index (χ0v) is 19.6. The van der Waals surface area contributed by atoms with Crippen LogP contribution < -0.4 is 19.7 Å². The molecule has 4 rings (SSSR count). The Morgan fingerprint density at radius 1 is 1.06 bits per heavy atom. The van der Waals surface area contributed by atoms with Crippen molar-refractivity contribution in [1.29, 1.82) is 0 Å². The van der Waals surface area contributed by atoms with Gasteiger partial charge in [0.15, 0.2) is 5.13 Å². The maximum atomic E-state index is 12.7. The van der Waals surface area contributed by atoms with Crippen molar-refractivity contribution in [3.05, 3.63) is 53.4 Å². The zero-order chi connectivity index (χ0) is 22.5. The van der Waals surface area contributed by atoms with E-state index in [4.69, 9.17) is 14.5 Å². The normalized spacial score (nSPS) is 14.1. The Morgan fingerprint density at radius 2 is 1.81 bits per heavy atom. The Kier molecular flexibility index (Phi) is 6.95. The molecular formula is C25H29N3O3S. The van der Waals surface area contributed by atoms with Crippen molar-refractivity contribution in [2.45, 2.75) is 38.1 Å². The van der Waals surface area contributed by atoms with Gasteiger partial charge in [0, 0.05) is 35.8 Å². The summed E-state index contributed by atoms with van der Waals surface area (Å²) < 4.78 is 10.5. The molecule has 2 aromatic carbocycles. The third-order valence-corrected chi connectivity index (χ3v) is 6.94. The Hall–Kier alpha value is -3.06. The summed E-state index contributed by atoms with van der Waals surface area (Å²) >= 11 is 1.69. The molecule has 1 N–H and O–H groups in total. The quantitative estimate of drug-likeness (QED) is 0.488. The van der Waals surface area contributed by atoms with Crippen LogP contribution in [0.4, 0.5) is 10.8 Å². The minimum absolute atomic E-state index is 0.234. The first-order valence-corrected chi connectivity index (χ1v) is 11.8. The fraction of sp³-hybridized carbons (Fsp3) is 0.360. The van der Waals surface area contributed by atoms with Crippen LogP contribution in [0.15, 0.2) is 47.8 Å². The minimum atomic E-state index is -0.234. The van der Waals surface area contributed by atoms with Crippen LogP contribution in [0, 0.1) is 0 Å². The van der Waals surface area contributed by atoms with Gasteiger partial charge >= 0.3 is 0 Å². The smallest absolute Gasteiger partial charge is 0.259 e. The zero-order valence-electron chi connectivity index (χ0n) is 18.8. The molecule has 0 saturated heterocycles. The maximum absolute atomic E-state index is 12.7. The summed E-state index contributed by atoms with van der Waals surface area (Å²) in [5.41, 5.74) is 3.16. The molecule has 3 aromatic rings. The lowest BCUT2D eigenvalue weighted by molar-refractivity contribution is 0.102. The molecule has 0 bridgehead atoms. The van der Waals surface area contributed by atoms with Gasteiger partial charge < -0.3 is 19.7 Å². The highest BCUT2D eigenvalue weighted by atomic mass is 32.1. The third kappa shape index (κ3) is 4.88. The van der Waals surface area contributed by atoms with E-state index in [1.807, 2.05) is 24.3 Å². The van der Waals surface area contributed by atoms with Gasteiger partial charge in [-0.1, -0.05) is 31.4 Å². The number of hydrogen-bond donors (Lipinski definition) is 1. The van der Waals surface area contributed by atoms with Gasteiger partial charge in [-0.05, 0) is 37.1 Å². The van der Waals surface area contributed by atoms with Gasteiger partial charge in [0.1, 0.15) is 11.5 Å². The predicted molar refractivity (Wildman–Crippen MR) is 130 cm³/mol. The average molecular weight is 452 g/mol. The molecule has 6 nitrogen and oxygen atoms in total. The number of amides is 1. The highest BCUT2D eigenvalue weighted by Crippen LogP contribution is 2.32. The summed E-state index contributed by atoms with van der Waals surface area (Å²) in [6.45, 7) is 0. The first-order chi connectivity index (χ1) is 15.6. The van der Waals surface area contributed by atoms with Crippen molar-refractivity contribution in [2.75, 3.05) is 31.5 Å². The van der Waals surface area contributed by atoms with E-state index in [9.17, 15) is 4.79 Å². The van der Waals surface area contributed by atoms with Crippen molar-refractivity contribution >= 4 is 28.1 Å². The molecule has 0 radical (unpaired) electrons. The van der Waals surface area contributed by atoms with Gasteiger partial charge in [0.25, 0.3) is 5.91 Å². The average Bonchev–Trinajstić information content (AvgIpc) is 3.34. The van der Waals surface area contributed by atoms with E-state index in [1.54, 1.807) is 36.6 Å². The summed E-state index contributed by atoms with van der Waals surface area (Å²) in [5, 5.41) is 6.10. The molecule has 0 atom stereocenters. The van der Waals surface area contributed by atoms with E-state index in [1.165, 1.54) is 39.2 Å². The van der Waals surface area contributed by atoms with Crippen LogP contribution in [-0.4, -0.2) is 38.2 Å². The van der Waals surface area contributed by atoms with E-state index in [0.717, 1.165) is 16.4 Å². The number of hydrogen-bond acceptors (Lipinski definition) is 6. The number of carbonyl (C=O) groups is 1. The van der Waals surface area contributed by atoms with Crippen LogP contribution in [0.1, 0.15) is 42.5 Å². The highest BCUT2D eigenvalue weighted by Gasteiger charge is 2.20. The molecule has 32 heavy (non-hydrogen) atoms. The summed E-state index contributed by atoms with van der Waals surface area (Å²) in [7, 11) is 5.27. The van der Waals surface area contributed by atoms with Gasteiger partial charge in [-0.2, -0.15) is 0 Å². The van der Waals surface area contributed by atoms with Crippen LogP contribution in [0.2, 0.25) is 0 Å². The minimum Gasteiger partial charge on any atom is -0.497 e. The van der Waals surface area contributed by atoms with Crippen LogP contribution in [0.25, 0.3) is 11.3 Å². The molecule has 0 spiro atoms. The monoisotopic (exact) mass is 451 g/mol. The Labute approximate surface area is 193 Å². The first kappa shape index (κ1) is 22.1. The summed E-state index contributed by atoms with van der Waals surface area (Å²) in [5.74, 6) is 0.873. The van der Waals surface area contributed by atoms with Crippen LogP contribution in [0.5, 0.6) is 11.5 Å². The molecule has 0 aliphatic heterocycles. The Morgan fingerprint density at radius 3 is 2.50 bits per heavy atom. The van der Waals surface area contributed by atoms with Gasteiger partial charge in [-0.3, -0.25) is 4.79 Å². The van der Waals surface area contributed by atoms with Crippen LogP contribution in [-0.2, 0) is 0 Å². The Balaban J connectivity index is 1.43. The van der Waals surface area contributed by atoms with Gasteiger partial charge in [0.2, 0.25) is 0 Å². The molecule has 1 aliphatic rings. The topological polar surface area (TPSA) is 63.7 Å². The van der Waals surface area contributed by atoms with E-state index in [-0.39, 0.29) is 5.91 Å². The van der Waals surface area contributed by atoms with Gasteiger partial charge in [0.05, 0.1) is 25.5 Å². The number of nitrogens with zero attached hydrogens (tertiary/aromatic N) is 2. The molecular weight excluding hydrogens is 422 g/mol. The molecule has 1 amide bonds. The highest BCUT2D eigenvalue weighted by molar-refractivity contribution is 7.14.